The average Bonchev–Trinajstić information content (AvgIpc) is 2.96. The van der Waals surface area contributed by atoms with Gasteiger partial charge in [-0.2, -0.15) is 0 Å². The first kappa shape index (κ1) is 12.7. The van der Waals surface area contributed by atoms with Crippen LogP contribution in [0.5, 0.6) is 0 Å². The molecule has 5 rings (SSSR count). The van der Waals surface area contributed by atoms with E-state index >= 15 is 0 Å². The lowest BCUT2D eigenvalue weighted by molar-refractivity contribution is 0.163. The molecule has 2 bridgehead atoms. The molecule has 2 heteroatoms. The number of rotatable bonds is 3. The fourth-order valence-electron chi connectivity index (χ4n) is 5.92. The molecule has 0 spiro atoms. The van der Waals surface area contributed by atoms with E-state index in [2.05, 4.69) is 40.5 Å². The van der Waals surface area contributed by atoms with E-state index in [9.17, 15) is 0 Å². The third kappa shape index (κ3) is 2.07. The molecule has 1 aromatic rings. The Bertz CT molecular complexity index is 498. The Morgan fingerprint density at radius 3 is 2.57 bits per heavy atom. The first-order valence-corrected chi connectivity index (χ1v) is 8.91. The summed E-state index contributed by atoms with van der Waals surface area (Å²) in [7, 11) is 0. The van der Waals surface area contributed by atoms with Crippen LogP contribution in [0, 0.1) is 23.7 Å². The monoisotopic (exact) mass is 282 g/mol. The summed E-state index contributed by atoms with van der Waals surface area (Å²) in [5.41, 5.74) is 1.48. The van der Waals surface area contributed by atoms with E-state index in [1.807, 2.05) is 0 Å². The maximum atomic E-state index is 3.74. The van der Waals surface area contributed by atoms with Crippen LogP contribution < -0.4 is 5.32 Å². The van der Waals surface area contributed by atoms with Gasteiger partial charge >= 0.3 is 0 Å². The molecule has 1 heterocycles. The van der Waals surface area contributed by atoms with Crippen molar-refractivity contribution in [2.45, 2.75) is 37.8 Å². The molecule has 1 N–H and O–H groups in total. The van der Waals surface area contributed by atoms with Crippen LogP contribution in [-0.4, -0.2) is 36.6 Å². The van der Waals surface area contributed by atoms with E-state index in [4.69, 9.17) is 0 Å². The largest absolute Gasteiger partial charge is 0.311 e. The van der Waals surface area contributed by atoms with Crippen molar-refractivity contribution >= 4 is 0 Å². The van der Waals surface area contributed by atoms with Gasteiger partial charge in [0.25, 0.3) is 0 Å². The van der Waals surface area contributed by atoms with Gasteiger partial charge in [-0.25, -0.2) is 0 Å². The van der Waals surface area contributed by atoms with E-state index in [0.29, 0.717) is 6.04 Å². The van der Waals surface area contributed by atoms with Crippen LogP contribution in [0.3, 0.4) is 0 Å². The van der Waals surface area contributed by atoms with E-state index in [0.717, 1.165) is 29.7 Å². The summed E-state index contributed by atoms with van der Waals surface area (Å²) in [6.45, 7) is 3.73. The van der Waals surface area contributed by atoms with Crippen molar-refractivity contribution in [3.05, 3.63) is 35.9 Å². The zero-order valence-electron chi connectivity index (χ0n) is 12.7. The van der Waals surface area contributed by atoms with Crippen molar-refractivity contribution in [3.63, 3.8) is 0 Å². The minimum atomic E-state index is 0.653. The molecule has 0 radical (unpaired) electrons. The highest BCUT2D eigenvalue weighted by Gasteiger charge is 2.66. The Morgan fingerprint density at radius 1 is 1.05 bits per heavy atom. The number of nitrogens with zero attached hydrogens (tertiary/aromatic N) is 1. The molecule has 5 atom stereocenters. The van der Waals surface area contributed by atoms with Gasteiger partial charge in [-0.05, 0) is 54.9 Å². The standard InChI is InChI=1S/C19H26N2/c1-2-4-13(5-3-1)10-16-12-21(9-8-20-16)19-17-14-6-7-15(11-14)18(17)19/h1-5,14-20H,6-12H2. The summed E-state index contributed by atoms with van der Waals surface area (Å²) in [6, 6.07) is 12.6. The molecule has 21 heavy (non-hydrogen) atoms. The van der Waals surface area contributed by atoms with Gasteiger partial charge in [0.05, 0.1) is 0 Å². The normalized spacial score (nSPS) is 44.8. The predicted octanol–water partition coefficient (Wildman–Crippen LogP) is 2.55. The van der Waals surface area contributed by atoms with Crippen LogP contribution in [0.1, 0.15) is 24.8 Å². The number of benzene rings is 1. The molecule has 0 amide bonds. The molecule has 3 saturated carbocycles. The Morgan fingerprint density at radius 2 is 1.81 bits per heavy atom. The minimum absolute atomic E-state index is 0.653. The Labute approximate surface area is 127 Å². The molecule has 4 fully saturated rings. The van der Waals surface area contributed by atoms with Gasteiger partial charge in [0, 0.05) is 31.7 Å². The summed E-state index contributed by atoms with van der Waals surface area (Å²) in [5, 5.41) is 3.74. The molecule has 2 nitrogen and oxygen atoms in total. The smallest absolute Gasteiger partial charge is 0.0236 e. The predicted molar refractivity (Wildman–Crippen MR) is 85.1 cm³/mol. The number of hydrogen-bond donors (Lipinski definition) is 1. The first-order valence-electron chi connectivity index (χ1n) is 8.91. The van der Waals surface area contributed by atoms with Gasteiger partial charge in [0.1, 0.15) is 0 Å². The number of nitrogens with one attached hydrogen (secondary N) is 1. The van der Waals surface area contributed by atoms with Crippen molar-refractivity contribution in [2.75, 3.05) is 19.6 Å². The van der Waals surface area contributed by atoms with Gasteiger partial charge in [-0.3, -0.25) is 4.90 Å². The van der Waals surface area contributed by atoms with Crippen molar-refractivity contribution in [1.29, 1.82) is 0 Å². The second-order valence-electron chi connectivity index (χ2n) is 7.81. The summed E-state index contributed by atoms with van der Waals surface area (Å²) >= 11 is 0. The maximum absolute atomic E-state index is 3.74. The molecule has 3 aliphatic carbocycles. The van der Waals surface area contributed by atoms with Gasteiger partial charge < -0.3 is 5.32 Å². The zero-order chi connectivity index (χ0) is 13.8. The molecule has 4 aliphatic rings. The highest BCUT2D eigenvalue weighted by atomic mass is 15.3. The average molecular weight is 282 g/mol. The maximum Gasteiger partial charge on any atom is 0.0236 e. The third-order valence-corrected chi connectivity index (χ3v) is 6.73. The van der Waals surface area contributed by atoms with Crippen LogP contribution in [0.15, 0.2) is 30.3 Å². The number of piperazine rings is 1. The summed E-state index contributed by atoms with van der Waals surface area (Å²) in [5.74, 6) is 4.40. The quantitative estimate of drug-likeness (QED) is 0.916. The van der Waals surface area contributed by atoms with Crippen molar-refractivity contribution in [2.24, 2.45) is 23.7 Å². The number of fused-ring (bicyclic) bond motifs is 5. The fourth-order valence-corrected chi connectivity index (χ4v) is 5.92. The zero-order valence-corrected chi connectivity index (χ0v) is 12.7. The molecule has 1 aromatic carbocycles. The van der Waals surface area contributed by atoms with Crippen molar-refractivity contribution < 1.29 is 0 Å². The van der Waals surface area contributed by atoms with Crippen LogP contribution in [0.2, 0.25) is 0 Å². The Kier molecular flexibility index (Phi) is 2.91. The second kappa shape index (κ2) is 4.82. The Balaban J connectivity index is 1.24. The second-order valence-corrected chi connectivity index (χ2v) is 7.81. The molecule has 5 unspecified atom stereocenters. The molecule has 1 aliphatic heterocycles. The topological polar surface area (TPSA) is 15.3 Å². The fraction of sp³-hybridized carbons (Fsp3) is 0.684. The molecular weight excluding hydrogens is 256 g/mol. The van der Waals surface area contributed by atoms with Crippen LogP contribution in [0.25, 0.3) is 0 Å². The highest BCUT2D eigenvalue weighted by molar-refractivity contribution is 5.19. The van der Waals surface area contributed by atoms with E-state index in [1.165, 1.54) is 31.6 Å². The first-order chi connectivity index (χ1) is 10.4. The van der Waals surface area contributed by atoms with Crippen LogP contribution in [0.4, 0.5) is 0 Å². The third-order valence-electron chi connectivity index (χ3n) is 6.73. The molecule has 0 aromatic heterocycles. The van der Waals surface area contributed by atoms with Gasteiger partial charge in [-0.15, -0.1) is 0 Å². The lowest BCUT2D eigenvalue weighted by Gasteiger charge is -2.35. The lowest BCUT2D eigenvalue weighted by atomic mass is 10.0. The SMILES string of the molecule is c1ccc(CC2CN(C3C4C5CCC(C5)C43)CCN2)cc1. The van der Waals surface area contributed by atoms with E-state index in [1.54, 1.807) is 19.3 Å². The van der Waals surface area contributed by atoms with Crippen molar-refractivity contribution in [1.82, 2.24) is 10.2 Å². The molecule has 112 valence electrons. The minimum Gasteiger partial charge on any atom is -0.311 e. The molecule has 1 saturated heterocycles. The van der Waals surface area contributed by atoms with Gasteiger partial charge in [0.15, 0.2) is 0 Å². The van der Waals surface area contributed by atoms with Gasteiger partial charge in [0.2, 0.25) is 0 Å². The summed E-state index contributed by atoms with van der Waals surface area (Å²) in [6.07, 6.45) is 5.85. The highest BCUT2D eigenvalue weighted by Crippen LogP contribution is 2.67. The van der Waals surface area contributed by atoms with Crippen LogP contribution >= 0.6 is 0 Å². The Hall–Kier alpha value is -0.860. The van der Waals surface area contributed by atoms with Crippen LogP contribution in [-0.2, 0) is 6.42 Å². The lowest BCUT2D eigenvalue weighted by Crippen LogP contribution is -2.53. The van der Waals surface area contributed by atoms with Gasteiger partial charge in [-0.1, -0.05) is 30.3 Å². The summed E-state index contributed by atoms with van der Waals surface area (Å²) < 4.78 is 0. The van der Waals surface area contributed by atoms with Crippen molar-refractivity contribution in [3.8, 4) is 0 Å². The molecular formula is C19H26N2. The van der Waals surface area contributed by atoms with E-state index < -0.39 is 0 Å². The summed E-state index contributed by atoms with van der Waals surface area (Å²) in [4.78, 5) is 2.85. The number of hydrogen-bond acceptors (Lipinski definition) is 2. The van der Waals surface area contributed by atoms with E-state index in [-0.39, 0.29) is 0 Å².